The molecule has 2 amide bonds. The van der Waals surface area contributed by atoms with Crippen LogP contribution in [-0.2, 0) is 16.0 Å². The standard InChI is InChI=1S/C25H32FN3O2S/c1-25(2,3)24(31)28-11-5-10-27(13-14-28)22(30)17-29-12-8-21-20(9-15-32-21)23(29)18-6-4-7-19(26)16-18/h4,6-7,9,15-16,23H,5,8,10-14,17H2,1-3H3/t23-/m0/s1. The zero-order valence-corrected chi connectivity index (χ0v) is 20.0. The van der Waals surface area contributed by atoms with E-state index in [0.717, 1.165) is 24.9 Å². The van der Waals surface area contributed by atoms with E-state index in [1.54, 1.807) is 23.5 Å². The predicted molar refractivity (Wildman–Crippen MR) is 125 cm³/mol. The molecule has 5 nitrogen and oxygen atoms in total. The molecular weight excluding hydrogens is 425 g/mol. The van der Waals surface area contributed by atoms with Crippen molar-refractivity contribution in [2.75, 3.05) is 39.3 Å². The second-order valence-electron chi connectivity index (χ2n) is 9.75. The maximum absolute atomic E-state index is 14.0. The Kier molecular flexibility index (Phi) is 6.67. The Labute approximate surface area is 193 Å². The lowest BCUT2D eigenvalue weighted by Crippen LogP contribution is -2.46. The molecule has 1 aromatic heterocycles. The van der Waals surface area contributed by atoms with Gasteiger partial charge in [-0.25, -0.2) is 4.39 Å². The van der Waals surface area contributed by atoms with Gasteiger partial charge in [0.05, 0.1) is 12.6 Å². The topological polar surface area (TPSA) is 43.9 Å². The SMILES string of the molecule is CC(C)(C)C(=O)N1CCCN(C(=O)CN2CCc3sccc3[C@@H]2c2cccc(F)c2)CC1. The third-order valence-corrected chi connectivity index (χ3v) is 7.34. The zero-order chi connectivity index (χ0) is 22.9. The molecule has 2 aliphatic rings. The van der Waals surface area contributed by atoms with Crippen molar-refractivity contribution in [3.63, 3.8) is 0 Å². The first kappa shape index (κ1) is 22.9. The Balaban J connectivity index is 1.48. The molecule has 4 rings (SSSR count). The normalized spacial score (nSPS) is 20.1. The van der Waals surface area contributed by atoms with Crippen molar-refractivity contribution in [1.82, 2.24) is 14.7 Å². The Hall–Kier alpha value is -2.25. The van der Waals surface area contributed by atoms with E-state index < -0.39 is 5.41 Å². The van der Waals surface area contributed by atoms with E-state index in [-0.39, 0.29) is 23.7 Å². The van der Waals surface area contributed by atoms with Gasteiger partial charge >= 0.3 is 0 Å². The van der Waals surface area contributed by atoms with E-state index >= 15 is 0 Å². The molecule has 0 saturated carbocycles. The van der Waals surface area contributed by atoms with Crippen LogP contribution in [0.2, 0.25) is 0 Å². The zero-order valence-electron chi connectivity index (χ0n) is 19.1. The number of nitrogens with zero attached hydrogens (tertiary/aromatic N) is 3. The van der Waals surface area contributed by atoms with E-state index in [4.69, 9.17) is 0 Å². The van der Waals surface area contributed by atoms with Crippen LogP contribution >= 0.6 is 11.3 Å². The second kappa shape index (κ2) is 9.32. The fraction of sp³-hybridized carbons (Fsp3) is 0.520. The molecular formula is C25H32FN3O2S. The third kappa shape index (κ3) is 4.89. The minimum absolute atomic E-state index is 0.0788. The molecule has 0 bridgehead atoms. The van der Waals surface area contributed by atoms with Crippen LogP contribution in [0.3, 0.4) is 0 Å². The van der Waals surface area contributed by atoms with Crippen molar-refractivity contribution >= 4 is 23.2 Å². The molecule has 0 spiro atoms. The lowest BCUT2D eigenvalue weighted by molar-refractivity contribution is -0.140. The van der Waals surface area contributed by atoms with Crippen molar-refractivity contribution in [1.29, 1.82) is 0 Å². The number of fused-ring (bicyclic) bond motifs is 1. The number of rotatable bonds is 3. The molecule has 0 N–H and O–H groups in total. The number of hydrogen-bond donors (Lipinski definition) is 0. The van der Waals surface area contributed by atoms with E-state index in [1.807, 2.05) is 36.6 Å². The molecule has 1 aromatic carbocycles. The van der Waals surface area contributed by atoms with Gasteiger partial charge < -0.3 is 9.80 Å². The fourth-order valence-corrected chi connectivity index (χ4v) is 5.63. The third-order valence-electron chi connectivity index (χ3n) is 6.35. The highest BCUT2D eigenvalue weighted by atomic mass is 32.1. The monoisotopic (exact) mass is 457 g/mol. The molecule has 1 atom stereocenters. The van der Waals surface area contributed by atoms with Gasteiger partial charge in [-0.1, -0.05) is 32.9 Å². The van der Waals surface area contributed by atoms with Crippen molar-refractivity contribution in [3.8, 4) is 0 Å². The average Bonchev–Trinajstić information content (AvgIpc) is 3.08. The highest BCUT2D eigenvalue weighted by Gasteiger charge is 2.33. The van der Waals surface area contributed by atoms with Crippen molar-refractivity contribution < 1.29 is 14.0 Å². The molecule has 32 heavy (non-hydrogen) atoms. The summed E-state index contributed by atoms with van der Waals surface area (Å²) in [5.74, 6) is -0.0404. The van der Waals surface area contributed by atoms with Crippen molar-refractivity contribution in [2.45, 2.75) is 39.7 Å². The van der Waals surface area contributed by atoms with E-state index in [2.05, 4.69) is 16.3 Å². The summed E-state index contributed by atoms with van der Waals surface area (Å²) in [5, 5.41) is 2.08. The number of carbonyl (C=O) groups is 2. The number of thiophene rings is 1. The summed E-state index contributed by atoms with van der Waals surface area (Å²) in [6.07, 6.45) is 1.69. The van der Waals surface area contributed by atoms with Crippen LogP contribution in [0.25, 0.3) is 0 Å². The van der Waals surface area contributed by atoms with E-state index in [0.29, 0.717) is 32.7 Å². The van der Waals surface area contributed by atoms with E-state index in [1.165, 1.54) is 16.5 Å². The molecule has 3 heterocycles. The second-order valence-corrected chi connectivity index (χ2v) is 10.8. The first-order valence-electron chi connectivity index (χ1n) is 11.4. The van der Waals surface area contributed by atoms with Crippen molar-refractivity contribution in [2.24, 2.45) is 5.41 Å². The molecule has 172 valence electrons. The predicted octanol–water partition coefficient (Wildman–Crippen LogP) is 3.94. The first-order valence-corrected chi connectivity index (χ1v) is 12.2. The summed E-state index contributed by atoms with van der Waals surface area (Å²) < 4.78 is 14.0. The molecule has 0 aliphatic carbocycles. The van der Waals surface area contributed by atoms with Gasteiger partial charge in [-0.2, -0.15) is 0 Å². The van der Waals surface area contributed by atoms with Gasteiger partial charge in [-0.05, 0) is 47.5 Å². The van der Waals surface area contributed by atoms with Crippen LogP contribution < -0.4 is 0 Å². The van der Waals surface area contributed by atoms with Gasteiger partial charge in [-0.3, -0.25) is 14.5 Å². The summed E-state index contributed by atoms with van der Waals surface area (Å²) in [4.78, 5) is 33.2. The van der Waals surface area contributed by atoms with Crippen LogP contribution in [-0.4, -0.2) is 65.8 Å². The van der Waals surface area contributed by atoms with Gasteiger partial charge in [-0.15, -0.1) is 11.3 Å². The Bertz CT molecular complexity index is 984. The van der Waals surface area contributed by atoms with Gasteiger partial charge in [0, 0.05) is 43.0 Å². The first-order chi connectivity index (χ1) is 15.2. The van der Waals surface area contributed by atoms with Gasteiger partial charge in [0.2, 0.25) is 11.8 Å². The summed E-state index contributed by atoms with van der Waals surface area (Å²) >= 11 is 1.73. The van der Waals surface area contributed by atoms with Crippen LogP contribution in [0.4, 0.5) is 4.39 Å². The minimum atomic E-state index is -0.413. The number of benzene rings is 1. The highest BCUT2D eigenvalue weighted by molar-refractivity contribution is 7.10. The Morgan fingerprint density at radius 2 is 1.81 bits per heavy atom. The highest BCUT2D eigenvalue weighted by Crippen LogP contribution is 2.37. The summed E-state index contributed by atoms with van der Waals surface area (Å²) in [5.41, 5.74) is 1.65. The average molecular weight is 458 g/mol. The number of amides is 2. The number of hydrogen-bond acceptors (Lipinski definition) is 4. The molecule has 0 unspecified atom stereocenters. The summed E-state index contributed by atoms with van der Waals surface area (Å²) in [6.45, 7) is 9.35. The Morgan fingerprint density at radius 3 is 2.56 bits per heavy atom. The van der Waals surface area contributed by atoms with Crippen LogP contribution in [0.1, 0.15) is 49.2 Å². The van der Waals surface area contributed by atoms with Crippen LogP contribution in [0.15, 0.2) is 35.7 Å². The molecule has 1 fully saturated rings. The fourth-order valence-electron chi connectivity index (χ4n) is 4.72. The lowest BCUT2D eigenvalue weighted by atomic mass is 9.93. The Morgan fingerprint density at radius 1 is 1.06 bits per heavy atom. The largest absolute Gasteiger partial charge is 0.340 e. The maximum Gasteiger partial charge on any atom is 0.236 e. The molecule has 0 radical (unpaired) electrons. The molecule has 7 heteroatoms. The quantitative estimate of drug-likeness (QED) is 0.701. The maximum atomic E-state index is 14.0. The summed E-state index contributed by atoms with van der Waals surface area (Å²) in [6, 6.07) is 8.71. The van der Waals surface area contributed by atoms with Crippen molar-refractivity contribution in [3.05, 3.63) is 57.5 Å². The lowest BCUT2D eigenvalue weighted by Gasteiger charge is -2.37. The number of halogens is 1. The smallest absolute Gasteiger partial charge is 0.236 e. The van der Waals surface area contributed by atoms with Crippen LogP contribution in [0, 0.1) is 11.2 Å². The van der Waals surface area contributed by atoms with Gasteiger partial charge in [0.15, 0.2) is 0 Å². The number of carbonyl (C=O) groups excluding carboxylic acids is 2. The van der Waals surface area contributed by atoms with E-state index in [9.17, 15) is 14.0 Å². The molecule has 1 saturated heterocycles. The molecule has 2 aromatic rings. The van der Waals surface area contributed by atoms with Gasteiger partial charge in [0.25, 0.3) is 0 Å². The van der Waals surface area contributed by atoms with Gasteiger partial charge in [0.1, 0.15) is 5.82 Å². The summed E-state index contributed by atoms with van der Waals surface area (Å²) in [7, 11) is 0. The van der Waals surface area contributed by atoms with Crippen LogP contribution in [0.5, 0.6) is 0 Å². The molecule has 2 aliphatic heterocycles. The minimum Gasteiger partial charge on any atom is -0.340 e.